The average Bonchev–Trinajstić information content (AvgIpc) is 2.34. The van der Waals surface area contributed by atoms with Gasteiger partial charge < -0.3 is 10.2 Å². The van der Waals surface area contributed by atoms with Crippen molar-refractivity contribution >= 4 is 0 Å². The van der Waals surface area contributed by atoms with Crippen LogP contribution in [0.3, 0.4) is 0 Å². The molecule has 0 aliphatic carbocycles. The molecule has 0 spiro atoms. The Hall–Kier alpha value is 0.244. The molecular weight excluding hydrogens is 203 g/mol. The number of unbranched alkanes of at least 4 members (excludes halogenated alkanes) is 1. The largest absolute Gasteiger partial charge is 0.358 e. The molecule has 0 saturated carbocycles. The van der Waals surface area contributed by atoms with Gasteiger partial charge in [-0.3, -0.25) is 5.21 Å². The molecular formula is C6H10N3Y-. The van der Waals surface area contributed by atoms with Gasteiger partial charge in [0.15, 0.2) is 0 Å². The third-order valence-corrected chi connectivity index (χ3v) is 1.22. The molecule has 0 N–H and O–H groups in total. The van der Waals surface area contributed by atoms with Crippen molar-refractivity contribution in [1.29, 1.82) is 0 Å². The van der Waals surface area contributed by atoms with E-state index in [9.17, 15) is 0 Å². The van der Waals surface area contributed by atoms with Crippen LogP contribution in [0.15, 0.2) is 6.20 Å². The van der Waals surface area contributed by atoms with Gasteiger partial charge in [0.05, 0.1) is 0 Å². The summed E-state index contributed by atoms with van der Waals surface area (Å²) in [6, 6.07) is 0. The number of nitrogens with zero attached hydrogens (tertiary/aromatic N) is 3. The summed E-state index contributed by atoms with van der Waals surface area (Å²) >= 11 is 0. The van der Waals surface area contributed by atoms with Crippen LogP contribution < -0.4 is 5.10 Å². The summed E-state index contributed by atoms with van der Waals surface area (Å²) in [6.45, 7) is 2.16. The van der Waals surface area contributed by atoms with Crippen molar-refractivity contribution in [3.05, 3.63) is 11.9 Å². The first kappa shape index (κ1) is 10.2. The van der Waals surface area contributed by atoms with Crippen LogP contribution in [0, 0.1) is 0 Å². The Labute approximate surface area is 85.9 Å². The predicted molar refractivity (Wildman–Crippen MR) is 34.0 cm³/mol. The van der Waals surface area contributed by atoms with Crippen molar-refractivity contribution in [3.63, 3.8) is 0 Å². The molecule has 0 unspecified atom stereocenters. The van der Waals surface area contributed by atoms with E-state index in [1.807, 2.05) is 0 Å². The second-order valence-corrected chi connectivity index (χ2v) is 2.03. The van der Waals surface area contributed by atoms with Gasteiger partial charge in [-0.1, -0.05) is 25.2 Å². The van der Waals surface area contributed by atoms with E-state index < -0.39 is 0 Å². The smallest absolute Gasteiger partial charge is 0 e. The fourth-order valence-corrected chi connectivity index (χ4v) is 0.674. The fourth-order valence-electron chi connectivity index (χ4n) is 0.674. The van der Waals surface area contributed by atoms with Gasteiger partial charge in [0.1, 0.15) is 0 Å². The van der Waals surface area contributed by atoms with E-state index in [4.69, 9.17) is 0 Å². The van der Waals surface area contributed by atoms with Crippen LogP contribution in [-0.2, 0) is 39.1 Å². The number of rotatable bonds is 3. The van der Waals surface area contributed by atoms with Crippen LogP contribution >= 0.6 is 0 Å². The van der Waals surface area contributed by atoms with E-state index in [-0.39, 0.29) is 32.7 Å². The monoisotopic (exact) mass is 213 g/mol. The third-order valence-electron chi connectivity index (χ3n) is 1.22. The summed E-state index contributed by atoms with van der Waals surface area (Å²) in [6.07, 6.45) is 5.12. The van der Waals surface area contributed by atoms with Crippen LogP contribution in [0.25, 0.3) is 0 Å². The standard InChI is InChI=1S/C6H10N3.Y/c1-2-3-4-6-5-7-9-8-6;/h5H,2-4H2,1H3;/q-1;. The quantitative estimate of drug-likeness (QED) is 0.744. The third kappa shape index (κ3) is 3.42. The molecule has 0 fully saturated rings. The summed E-state index contributed by atoms with van der Waals surface area (Å²) in [4.78, 5) is 0. The van der Waals surface area contributed by atoms with Gasteiger partial charge in [0.25, 0.3) is 0 Å². The molecule has 1 aromatic rings. The maximum atomic E-state index is 3.79. The predicted octanol–water partition coefficient (Wildman–Crippen LogP) is 0.774. The first-order valence-electron chi connectivity index (χ1n) is 3.23. The van der Waals surface area contributed by atoms with E-state index in [0.717, 1.165) is 12.1 Å². The Kier molecular flexibility index (Phi) is 6.13. The molecule has 1 aromatic heterocycles. The van der Waals surface area contributed by atoms with E-state index in [0.29, 0.717) is 0 Å². The van der Waals surface area contributed by atoms with Gasteiger partial charge in [-0.25, -0.2) is 0 Å². The molecule has 53 valence electrons. The molecule has 0 saturated heterocycles. The molecule has 0 aliphatic heterocycles. The zero-order valence-electron chi connectivity index (χ0n) is 6.12. The Morgan fingerprint density at radius 2 is 2.40 bits per heavy atom. The molecule has 0 bridgehead atoms. The summed E-state index contributed by atoms with van der Waals surface area (Å²) in [7, 11) is 0. The van der Waals surface area contributed by atoms with E-state index >= 15 is 0 Å². The number of aryl methyl sites for hydroxylation is 1. The molecule has 10 heavy (non-hydrogen) atoms. The molecule has 4 heteroatoms. The second-order valence-electron chi connectivity index (χ2n) is 2.03. The minimum Gasteiger partial charge on any atom is -0.358 e. The summed E-state index contributed by atoms with van der Waals surface area (Å²) in [5.74, 6) is 0. The van der Waals surface area contributed by atoms with E-state index in [1.54, 1.807) is 6.20 Å². The van der Waals surface area contributed by atoms with Gasteiger partial charge in [-0.2, -0.15) is 0 Å². The molecule has 0 atom stereocenters. The molecule has 1 heterocycles. The zero-order valence-corrected chi connectivity index (χ0v) is 8.96. The van der Waals surface area contributed by atoms with Crippen molar-refractivity contribution in [3.8, 4) is 0 Å². The van der Waals surface area contributed by atoms with Crippen LogP contribution in [-0.4, -0.2) is 10.3 Å². The van der Waals surface area contributed by atoms with Crippen molar-refractivity contribution in [2.75, 3.05) is 0 Å². The first-order valence-corrected chi connectivity index (χ1v) is 3.23. The van der Waals surface area contributed by atoms with Crippen molar-refractivity contribution in [2.24, 2.45) is 0 Å². The van der Waals surface area contributed by atoms with Crippen LogP contribution in [0.1, 0.15) is 25.5 Å². The maximum absolute atomic E-state index is 3.79. The summed E-state index contributed by atoms with van der Waals surface area (Å²) in [5, 5.41) is 10.9. The number of hydrogen-bond donors (Lipinski definition) is 0. The molecule has 1 rings (SSSR count). The van der Waals surface area contributed by atoms with Gasteiger partial charge in [0.2, 0.25) is 0 Å². The van der Waals surface area contributed by atoms with Crippen molar-refractivity contribution in [2.45, 2.75) is 26.2 Å². The molecule has 0 aromatic carbocycles. The Morgan fingerprint density at radius 3 is 2.90 bits per heavy atom. The number of hydrogen-bond acceptors (Lipinski definition) is 2. The van der Waals surface area contributed by atoms with Gasteiger partial charge in [-0.05, 0) is 12.8 Å². The van der Waals surface area contributed by atoms with Crippen LogP contribution in [0.4, 0.5) is 0 Å². The topological polar surface area (TPSA) is 39.9 Å². The minimum atomic E-state index is 0. The minimum absolute atomic E-state index is 0. The van der Waals surface area contributed by atoms with Crippen LogP contribution in [0.5, 0.6) is 0 Å². The first-order chi connectivity index (χ1) is 4.43. The van der Waals surface area contributed by atoms with E-state index in [2.05, 4.69) is 22.3 Å². The summed E-state index contributed by atoms with van der Waals surface area (Å²) in [5.41, 5.74) is 1.01. The van der Waals surface area contributed by atoms with Crippen molar-refractivity contribution in [1.82, 2.24) is 15.4 Å². The maximum Gasteiger partial charge on any atom is 0 e. The van der Waals surface area contributed by atoms with E-state index in [1.165, 1.54) is 12.8 Å². The molecule has 3 nitrogen and oxygen atoms in total. The Balaban J connectivity index is 0.000000810. The molecule has 1 radical (unpaired) electrons. The summed E-state index contributed by atoms with van der Waals surface area (Å²) < 4.78 is 0. The van der Waals surface area contributed by atoms with Gasteiger partial charge in [0, 0.05) is 32.7 Å². The Bertz CT molecular complexity index is 150. The van der Waals surface area contributed by atoms with Gasteiger partial charge >= 0.3 is 0 Å². The van der Waals surface area contributed by atoms with Crippen molar-refractivity contribution < 1.29 is 32.7 Å². The second kappa shape index (κ2) is 5.99. The fraction of sp³-hybridized carbons (Fsp3) is 0.667. The average molecular weight is 213 g/mol. The SMILES string of the molecule is CCCCc1c[n-]nn1.[Y]. The molecule has 0 aliphatic rings. The van der Waals surface area contributed by atoms with Crippen LogP contribution in [0.2, 0.25) is 0 Å². The number of aromatic nitrogens is 3. The molecule has 0 amide bonds. The normalized spacial score (nSPS) is 8.90. The Morgan fingerprint density at radius 1 is 1.60 bits per heavy atom. The zero-order chi connectivity index (χ0) is 6.53. The van der Waals surface area contributed by atoms with Gasteiger partial charge in [-0.15, -0.1) is 0 Å².